The van der Waals surface area contributed by atoms with Crippen LogP contribution >= 0.6 is 11.8 Å². The maximum Gasteiger partial charge on any atom is 0.191 e. The first-order chi connectivity index (χ1) is 13.6. The van der Waals surface area contributed by atoms with Crippen LogP contribution < -0.4 is 10.6 Å². The van der Waals surface area contributed by atoms with E-state index < -0.39 is 0 Å². The number of aryl methyl sites for hydroxylation is 1. The number of ether oxygens (including phenoxy) is 1. The average Bonchev–Trinajstić information content (AvgIpc) is 3.29. The van der Waals surface area contributed by atoms with Crippen molar-refractivity contribution in [3.05, 3.63) is 11.6 Å². The molecule has 2 rings (SSSR count). The second-order valence-electron chi connectivity index (χ2n) is 7.67. The molecule has 1 saturated carbocycles. The molecule has 0 aliphatic heterocycles. The van der Waals surface area contributed by atoms with Crippen molar-refractivity contribution in [2.75, 3.05) is 38.3 Å². The zero-order valence-electron chi connectivity index (χ0n) is 18.1. The van der Waals surface area contributed by atoms with Gasteiger partial charge in [-0.25, -0.2) is 4.99 Å². The summed E-state index contributed by atoms with van der Waals surface area (Å²) in [7, 11) is 1.99. The summed E-state index contributed by atoms with van der Waals surface area (Å²) in [5.74, 6) is 3.83. The number of nitrogens with zero attached hydrogens (tertiary/aromatic N) is 4. The van der Waals surface area contributed by atoms with E-state index in [9.17, 15) is 0 Å². The Morgan fingerprint density at radius 3 is 2.71 bits per heavy atom. The molecule has 0 amide bonds. The number of rotatable bonds is 12. The molecular weight excluding hydrogens is 372 g/mol. The van der Waals surface area contributed by atoms with Crippen LogP contribution in [0.15, 0.2) is 4.99 Å². The zero-order chi connectivity index (χ0) is 20.2. The van der Waals surface area contributed by atoms with Crippen molar-refractivity contribution in [2.24, 2.45) is 17.5 Å². The van der Waals surface area contributed by atoms with E-state index >= 15 is 0 Å². The van der Waals surface area contributed by atoms with E-state index in [0.29, 0.717) is 12.0 Å². The fourth-order valence-corrected chi connectivity index (χ4v) is 4.11. The van der Waals surface area contributed by atoms with E-state index in [1.165, 1.54) is 25.7 Å². The standard InChI is InChI=1S/C20H38N6OS/c1-5-27-13-11-20(9-6-7-10-20)16-23-19(21-12-8-14-28-4)22-15-18-25-24-17(2)26(18)3/h5-16H2,1-4H3,(H2,21,22,23). The third-order valence-electron chi connectivity index (χ3n) is 5.65. The average molecular weight is 411 g/mol. The molecule has 8 heteroatoms. The first kappa shape index (κ1) is 23.0. The van der Waals surface area contributed by atoms with Gasteiger partial charge in [-0.3, -0.25) is 0 Å². The molecule has 0 spiro atoms. The Balaban J connectivity index is 1.96. The van der Waals surface area contributed by atoms with Gasteiger partial charge >= 0.3 is 0 Å². The lowest BCUT2D eigenvalue weighted by Gasteiger charge is -2.30. The lowest BCUT2D eigenvalue weighted by atomic mass is 9.83. The molecule has 1 heterocycles. The van der Waals surface area contributed by atoms with Crippen molar-refractivity contribution < 1.29 is 4.74 Å². The number of hydrogen-bond donors (Lipinski definition) is 2. The van der Waals surface area contributed by atoms with Crippen molar-refractivity contribution in [1.29, 1.82) is 0 Å². The Labute approximate surface area is 174 Å². The molecule has 28 heavy (non-hydrogen) atoms. The topological polar surface area (TPSA) is 76.4 Å². The first-order valence-corrected chi connectivity index (χ1v) is 11.9. The predicted octanol–water partition coefficient (Wildman–Crippen LogP) is 2.90. The molecule has 1 aliphatic carbocycles. The molecule has 0 bridgehead atoms. The van der Waals surface area contributed by atoms with Crippen LogP contribution in [-0.4, -0.2) is 59.0 Å². The Kier molecular flexibility index (Phi) is 10.1. The normalized spacial score (nSPS) is 16.5. The second kappa shape index (κ2) is 12.3. The quantitative estimate of drug-likeness (QED) is 0.313. The molecule has 2 N–H and O–H groups in total. The number of hydrogen-bond acceptors (Lipinski definition) is 5. The van der Waals surface area contributed by atoms with Crippen molar-refractivity contribution in [2.45, 2.75) is 58.9 Å². The van der Waals surface area contributed by atoms with Gasteiger partial charge in [-0.2, -0.15) is 11.8 Å². The van der Waals surface area contributed by atoms with Gasteiger partial charge in [-0.1, -0.05) is 12.8 Å². The molecule has 0 saturated heterocycles. The highest BCUT2D eigenvalue weighted by Gasteiger charge is 2.33. The molecule has 0 radical (unpaired) electrons. The summed E-state index contributed by atoms with van der Waals surface area (Å²) < 4.78 is 7.64. The van der Waals surface area contributed by atoms with Crippen LogP contribution in [0.2, 0.25) is 0 Å². The summed E-state index contributed by atoms with van der Waals surface area (Å²) in [6.07, 6.45) is 9.58. The van der Waals surface area contributed by atoms with Gasteiger partial charge in [-0.05, 0) is 57.0 Å². The van der Waals surface area contributed by atoms with Gasteiger partial charge in [-0.15, -0.1) is 10.2 Å². The highest BCUT2D eigenvalue weighted by atomic mass is 32.2. The number of nitrogens with one attached hydrogen (secondary N) is 2. The molecule has 1 aromatic heterocycles. The smallest absolute Gasteiger partial charge is 0.191 e. The SMILES string of the molecule is CCOCCC1(CNC(=NCc2nnc(C)n2C)NCCCSC)CCCC1. The minimum atomic E-state index is 0.332. The van der Waals surface area contributed by atoms with Gasteiger partial charge in [0.05, 0.1) is 0 Å². The lowest BCUT2D eigenvalue weighted by molar-refractivity contribution is 0.105. The number of thioether (sulfide) groups is 1. The highest BCUT2D eigenvalue weighted by molar-refractivity contribution is 7.98. The zero-order valence-corrected chi connectivity index (χ0v) is 18.9. The minimum absolute atomic E-state index is 0.332. The van der Waals surface area contributed by atoms with Gasteiger partial charge in [0.15, 0.2) is 11.8 Å². The Morgan fingerprint density at radius 2 is 2.07 bits per heavy atom. The fourth-order valence-electron chi connectivity index (χ4n) is 3.68. The predicted molar refractivity (Wildman–Crippen MR) is 118 cm³/mol. The number of aromatic nitrogens is 3. The lowest BCUT2D eigenvalue weighted by Crippen LogP contribution is -2.44. The molecule has 1 aliphatic rings. The van der Waals surface area contributed by atoms with E-state index in [2.05, 4.69) is 34.0 Å². The summed E-state index contributed by atoms with van der Waals surface area (Å²) in [5.41, 5.74) is 0.332. The van der Waals surface area contributed by atoms with Crippen LogP contribution in [0.25, 0.3) is 0 Å². The summed E-state index contributed by atoms with van der Waals surface area (Å²) in [4.78, 5) is 4.79. The molecule has 0 atom stereocenters. The van der Waals surface area contributed by atoms with E-state index in [0.717, 1.165) is 62.5 Å². The number of guanidine groups is 1. The third kappa shape index (κ3) is 7.28. The van der Waals surface area contributed by atoms with E-state index in [1.54, 1.807) is 0 Å². The second-order valence-corrected chi connectivity index (χ2v) is 8.65. The van der Waals surface area contributed by atoms with Crippen molar-refractivity contribution in [3.63, 3.8) is 0 Å². The van der Waals surface area contributed by atoms with Crippen LogP contribution in [0.3, 0.4) is 0 Å². The Morgan fingerprint density at radius 1 is 1.29 bits per heavy atom. The maximum absolute atomic E-state index is 5.65. The van der Waals surface area contributed by atoms with Crippen molar-refractivity contribution in [3.8, 4) is 0 Å². The van der Waals surface area contributed by atoms with Crippen LogP contribution in [-0.2, 0) is 18.3 Å². The van der Waals surface area contributed by atoms with Crippen molar-refractivity contribution in [1.82, 2.24) is 25.4 Å². The molecule has 0 aromatic carbocycles. The fraction of sp³-hybridized carbons (Fsp3) is 0.850. The molecule has 7 nitrogen and oxygen atoms in total. The van der Waals surface area contributed by atoms with E-state index in [-0.39, 0.29) is 0 Å². The molecule has 160 valence electrons. The number of aliphatic imine (C=N–C) groups is 1. The first-order valence-electron chi connectivity index (χ1n) is 10.5. The van der Waals surface area contributed by atoms with Gasteiger partial charge in [0, 0.05) is 33.4 Å². The maximum atomic E-state index is 5.65. The summed E-state index contributed by atoms with van der Waals surface area (Å²) in [5, 5.41) is 15.5. The van der Waals surface area contributed by atoms with Gasteiger partial charge in [0.1, 0.15) is 12.4 Å². The van der Waals surface area contributed by atoms with E-state index in [1.807, 2.05) is 30.3 Å². The van der Waals surface area contributed by atoms with Crippen LogP contribution in [0, 0.1) is 12.3 Å². The molecular formula is C20H38N6OS. The summed E-state index contributed by atoms with van der Waals surface area (Å²) in [6.45, 7) is 8.08. The van der Waals surface area contributed by atoms with Gasteiger partial charge < -0.3 is 19.9 Å². The minimum Gasteiger partial charge on any atom is -0.382 e. The molecule has 0 unspecified atom stereocenters. The molecule has 1 fully saturated rings. The summed E-state index contributed by atoms with van der Waals surface area (Å²) in [6, 6.07) is 0. The Bertz CT molecular complexity index is 598. The van der Waals surface area contributed by atoms with Crippen LogP contribution in [0.4, 0.5) is 0 Å². The van der Waals surface area contributed by atoms with E-state index in [4.69, 9.17) is 9.73 Å². The monoisotopic (exact) mass is 410 g/mol. The van der Waals surface area contributed by atoms with Crippen LogP contribution in [0.5, 0.6) is 0 Å². The Hall–Kier alpha value is -1.28. The molecule has 1 aromatic rings. The third-order valence-corrected chi connectivity index (χ3v) is 6.35. The van der Waals surface area contributed by atoms with Crippen LogP contribution in [0.1, 0.15) is 57.1 Å². The van der Waals surface area contributed by atoms with Crippen molar-refractivity contribution >= 4 is 17.7 Å². The van der Waals surface area contributed by atoms with Gasteiger partial charge in [0.25, 0.3) is 0 Å². The largest absolute Gasteiger partial charge is 0.382 e. The summed E-state index contributed by atoms with van der Waals surface area (Å²) >= 11 is 1.88. The highest BCUT2D eigenvalue weighted by Crippen LogP contribution is 2.40. The van der Waals surface area contributed by atoms with Gasteiger partial charge in [0.2, 0.25) is 0 Å².